The second-order valence-corrected chi connectivity index (χ2v) is 9.52. The number of nitrogens with zero attached hydrogens (tertiary/aromatic N) is 4. The predicted molar refractivity (Wildman–Crippen MR) is 149 cm³/mol. The van der Waals surface area contributed by atoms with Gasteiger partial charge in [0.25, 0.3) is 0 Å². The number of halogens is 1. The molecule has 0 saturated carbocycles. The molecule has 0 aliphatic carbocycles. The van der Waals surface area contributed by atoms with Crippen LogP contribution < -0.4 is 21.5 Å². The van der Waals surface area contributed by atoms with Gasteiger partial charge in [0.1, 0.15) is 18.0 Å². The molecule has 2 atom stereocenters. The van der Waals surface area contributed by atoms with E-state index in [0.717, 1.165) is 10.2 Å². The summed E-state index contributed by atoms with van der Waals surface area (Å²) in [5.74, 6) is 0.0410. The van der Waals surface area contributed by atoms with Crippen molar-refractivity contribution in [3.63, 3.8) is 0 Å². The van der Waals surface area contributed by atoms with Gasteiger partial charge in [-0.25, -0.2) is 14.2 Å². The molecule has 0 aliphatic rings. The Hall–Kier alpha value is -4.51. The fourth-order valence-electron chi connectivity index (χ4n) is 4.26. The van der Waals surface area contributed by atoms with Gasteiger partial charge in [0.15, 0.2) is 23.2 Å². The van der Waals surface area contributed by atoms with Crippen LogP contribution in [0.1, 0.15) is 42.4 Å². The van der Waals surface area contributed by atoms with E-state index in [0.29, 0.717) is 30.0 Å². The van der Waals surface area contributed by atoms with Crippen molar-refractivity contribution in [2.24, 2.45) is 5.73 Å². The zero-order valence-corrected chi connectivity index (χ0v) is 22.4. The van der Waals surface area contributed by atoms with Crippen molar-refractivity contribution in [1.82, 2.24) is 24.6 Å². The lowest BCUT2D eigenvalue weighted by Crippen LogP contribution is -2.28. The van der Waals surface area contributed by atoms with Crippen molar-refractivity contribution >= 4 is 11.5 Å². The van der Waals surface area contributed by atoms with Crippen molar-refractivity contribution in [3.8, 4) is 11.6 Å². The van der Waals surface area contributed by atoms with Crippen LogP contribution in [0.15, 0.2) is 65.6 Å². The summed E-state index contributed by atoms with van der Waals surface area (Å²) in [5.41, 5.74) is 7.38. The number of anilines is 1. The minimum Gasteiger partial charge on any atom is -0.486 e. The lowest BCUT2D eigenvalue weighted by Gasteiger charge is -2.23. The second-order valence-electron chi connectivity index (χ2n) is 9.52. The molecule has 4 aromatic rings. The SMILES string of the molecule is CCc1cc(OC(C)CN(C)C)c(F)c(C(Nc2ccc(C(=N)N)cc2)c2nn(-c3ccccn3)c(=O)[nH]2)c1. The van der Waals surface area contributed by atoms with Crippen LogP contribution in [-0.4, -0.2) is 57.2 Å². The maximum absolute atomic E-state index is 16.2. The molecule has 0 fully saturated rings. The van der Waals surface area contributed by atoms with Crippen LogP contribution in [0, 0.1) is 11.2 Å². The molecular weight excluding hydrogens is 499 g/mol. The number of hydrogen-bond donors (Lipinski definition) is 4. The lowest BCUT2D eigenvalue weighted by molar-refractivity contribution is 0.170. The number of aryl methyl sites for hydroxylation is 1. The molecule has 204 valence electrons. The van der Waals surface area contributed by atoms with Crippen LogP contribution in [0.4, 0.5) is 10.1 Å². The van der Waals surface area contributed by atoms with Gasteiger partial charge in [-0.05, 0) is 75.5 Å². The number of likely N-dealkylation sites (N-methyl/N-ethyl adjacent to an activating group) is 1. The van der Waals surface area contributed by atoms with Gasteiger partial charge in [-0.15, -0.1) is 5.10 Å². The molecule has 2 heterocycles. The highest BCUT2D eigenvalue weighted by molar-refractivity contribution is 5.95. The Balaban J connectivity index is 1.82. The number of H-pyrrole nitrogens is 1. The molecule has 0 amide bonds. The molecule has 0 bridgehead atoms. The summed E-state index contributed by atoms with van der Waals surface area (Å²) >= 11 is 0. The molecule has 2 aromatic heterocycles. The zero-order valence-electron chi connectivity index (χ0n) is 22.4. The highest BCUT2D eigenvalue weighted by Gasteiger charge is 2.27. The summed E-state index contributed by atoms with van der Waals surface area (Å²) in [5, 5.41) is 15.4. The van der Waals surface area contributed by atoms with E-state index < -0.39 is 17.5 Å². The molecule has 0 spiro atoms. The van der Waals surface area contributed by atoms with Crippen molar-refractivity contribution < 1.29 is 9.13 Å². The van der Waals surface area contributed by atoms with Crippen molar-refractivity contribution in [2.45, 2.75) is 32.4 Å². The van der Waals surface area contributed by atoms with Crippen LogP contribution in [-0.2, 0) is 6.42 Å². The van der Waals surface area contributed by atoms with Gasteiger partial charge >= 0.3 is 5.69 Å². The van der Waals surface area contributed by atoms with E-state index in [4.69, 9.17) is 15.9 Å². The van der Waals surface area contributed by atoms with Crippen LogP contribution in [0.2, 0.25) is 0 Å². The fourth-order valence-corrected chi connectivity index (χ4v) is 4.26. The van der Waals surface area contributed by atoms with Crippen LogP contribution in [0.25, 0.3) is 5.82 Å². The predicted octanol–water partition coefficient (Wildman–Crippen LogP) is 3.47. The Bertz CT molecular complexity index is 1480. The van der Waals surface area contributed by atoms with Crippen LogP contribution >= 0.6 is 0 Å². The number of aromatic amines is 1. The number of ether oxygens (including phenoxy) is 1. The summed E-state index contributed by atoms with van der Waals surface area (Å²) in [6, 6.07) is 14.6. The Morgan fingerprint density at radius 2 is 1.97 bits per heavy atom. The maximum Gasteiger partial charge on any atom is 0.349 e. The van der Waals surface area contributed by atoms with E-state index in [1.165, 1.54) is 0 Å². The molecule has 4 rings (SSSR count). The normalized spacial score (nSPS) is 12.8. The first-order chi connectivity index (χ1) is 18.7. The minimum absolute atomic E-state index is 0.0631. The Morgan fingerprint density at radius 1 is 1.23 bits per heavy atom. The van der Waals surface area contributed by atoms with Crippen molar-refractivity contribution in [2.75, 3.05) is 26.0 Å². The van der Waals surface area contributed by atoms with E-state index in [1.807, 2.05) is 32.8 Å². The van der Waals surface area contributed by atoms with Crippen molar-refractivity contribution in [1.29, 1.82) is 5.41 Å². The first-order valence-electron chi connectivity index (χ1n) is 12.6. The number of benzene rings is 2. The molecule has 2 unspecified atom stereocenters. The number of aromatic nitrogens is 4. The van der Waals surface area contributed by atoms with E-state index in [2.05, 4.69) is 20.4 Å². The standard InChI is InChI=1S/C28H33FN8O2/c1-5-18-14-21(24(29)22(15-18)39-17(2)16-36(3)4)25(33-20-11-9-19(10-12-20)26(30)31)27-34-28(38)37(35-27)23-8-6-7-13-32-23/h6-15,17,25,33H,5,16H2,1-4H3,(H3,30,31)(H,34,35,38). The first-order valence-corrected chi connectivity index (χ1v) is 12.6. The number of hydrogen-bond acceptors (Lipinski definition) is 7. The largest absolute Gasteiger partial charge is 0.486 e. The molecule has 11 heteroatoms. The number of pyridine rings is 1. The van der Waals surface area contributed by atoms with E-state index in [-0.39, 0.29) is 29.1 Å². The van der Waals surface area contributed by atoms with Crippen molar-refractivity contribution in [3.05, 3.63) is 99.6 Å². The number of nitrogens with one attached hydrogen (secondary N) is 3. The number of nitrogens with two attached hydrogens (primary N) is 1. The second kappa shape index (κ2) is 11.9. The van der Waals surface area contributed by atoms with Crippen LogP contribution in [0.3, 0.4) is 0 Å². The molecule has 0 saturated heterocycles. The number of amidine groups is 1. The van der Waals surface area contributed by atoms with Gasteiger partial charge in [0.2, 0.25) is 0 Å². The molecule has 2 aromatic carbocycles. The minimum atomic E-state index is -0.885. The first kappa shape index (κ1) is 27.5. The Morgan fingerprint density at radius 3 is 2.59 bits per heavy atom. The number of rotatable bonds is 11. The Kier molecular flexibility index (Phi) is 8.40. The third kappa shape index (κ3) is 6.50. The summed E-state index contributed by atoms with van der Waals surface area (Å²) in [6.45, 7) is 4.47. The Labute approximate surface area is 226 Å². The fraction of sp³-hybridized carbons (Fsp3) is 0.286. The summed E-state index contributed by atoms with van der Waals surface area (Å²) in [6.07, 6.45) is 1.94. The van der Waals surface area contributed by atoms with Gasteiger partial charge < -0.3 is 20.7 Å². The monoisotopic (exact) mass is 532 g/mol. The third-order valence-corrected chi connectivity index (χ3v) is 6.08. The summed E-state index contributed by atoms with van der Waals surface area (Å²) < 4.78 is 23.3. The highest BCUT2D eigenvalue weighted by atomic mass is 19.1. The lowest BCUT2D eigenvalue weighted by atomic mass is 10.00. The van der Waals surface area contributed by atoms with E-state index >= 15 is 4.39 Å². The summed E-state index contributed by atoms with van der Waals surface area (Å²) in [7, 11) is 3.85. The van der Waals surface area contributed by atoms with Gasteiger partial charge in [0.05, 0.1) is 0 Å². The van der Waals surface area contributed by atoms with Gasteiger partial charge in [-0.1, -0.05) is 19.1 Å². The zero-order chi connectivity index (χ0) is 28.1. The molecule has 0 aliphatic heterocycles. The highest BCUT2D eigenvalue weighted by Crippen LogP contribution is 2.33. The molecule has 39 heavy (non-hydrogen) atoms. The summed E-state index contributed by atoms with van der Waals surface area (Å²) in [4.78, 5) is 21.8. The molecular formula is C28H33FN8O2. The maximum atomic E-state index is 16.2. The molecule has 10 nitrogen and oxygen atoms in total. The van der Waals surface area contributed by atoms with Crippen LogP contribution in [0.5, 0.6) is 5.75 Å². The van der Waals surface area contributed by atoms with Gasteiger partial charge in [-0.2, -0.15) is 4.68 Å². The third-order valence-electron chi connectivity index (χ3n) is 6.08. The smallest absolute Gasteiger partial charge is 0.349 e. The number of nitrogen functional groups attached to an aromatic ring is 1. The van der Waals surface area contributed by atoms with E-state index in [1.54, 1.807) is 60.8 Å². The van der Waals surface area contributed by atoms with Gasteiger partial charge in [0, 0.05) is 29.6 Å². The van der Waals surface area contributed by atoms with E-state index in [9.17, 15) is 4.79 Å². The molecule has 0 radical (unpaired) electrons. The van der Waals surface area contributed by atoms with Gasteiger partial charge in [-0.3, -0.25) is 10.4 Å². The average molecular weight is 533 g/mol. The quantitative estimate of drug-likeness (QED) is 0.171. The topological polar surface area (TPSA) is 138 Å². The average Bonchev–Trinajstić information content (AvgIpc) is 3.30. The molecule has 5 N–H and O–H groups in total.